The highest BCUT2D eigenvalue weighted by Gasteiger charge is 2.39. The smallest absolute Gasteiger partial charge is 0.339 e. The molecule has 128 valence electrons. The molecule has 0 bridgehead atoms. The lowest BCUT2D eigenvalue weighted by atomic mass is 10.2. The van der Waals surface area contributed by atoms with Crippen molar-refractivity contribution in [3.63, 3.8) is 0 Å². The average molecular weight is 360 g/mol. The van der Waals surface area contributed by atoms with E-state index < -0.39 is 24.4 Å². The van der Waals surface area contributed by atoms with E-state index in [0.717, 1.165) is 6.26 Å². The molecule has 1 aromatic heterocycles. The molecule has 0 N–H and O–H groups in total. The van der Waals surface area contributed by atoms with E-state index in [1.54, 1.807) is 18.2 Å². The lowest BCUT2D eigenvalue weighted by Crippen LogP contribution is -2.43. The molecule has 0 spiro atoms. The Morgan fingerprint density at radius 3 is 2.48 bits per heavy atom. The summed E-state index contributed by atoms with van der Waals surface area (Å²) in [5.74, 6) is 0.620. The van der Waals surface area contributed by atoms with Crippen molar-refractivity contribution in [1.82, 2.24) is 0 Å². The zero-order valence-corrected chi connectivity index (χ0v) is 15.7. The molecule has 8 heteroatoms. The van der Waals surface area contributed by atoms with Gasteiger partial charge in [-0.25, -0.2) is 4.39 Å². The average Bonchev–Trinajstić information content (AvgIpc) is 2.79. The van der Waals surface area contributed by atoms with Crippen LogP contribution in [0.1, 0.15) is 20.8 Å². The van der Waals surface area contributed by atoms with Gasteiger partial charge in [0.15, 0.2) is 5.75 Å². The third-order valence-electron chi connectivity index (χ3n) is 4.04. The fourth-order valence-electron chi connectivity index (χ4n) is 1.72. The molecule has 0 aliphatic heterocycles. The lowest BCUT2D eigenvalue weighted by molar-refractivity contribution is 0.448. The van der Waals surface area contributed by atoms with E-state index in [0.29, 0.717) is 16.7 Å². The Morgan fingerprint density at radius 2 is 1.91 bits per heavy atom. The zero-order valence-electron chi connectivity index (χ0n) is 13.8. The van der Waals surface area contributed by atoms with Crippen LogP contribution in [0.4, 0.5) is 4.39 Å². The number of benzene rings is 1. The Balaban J connectivity index is 2.32. The summed E-state index contributed by atoms with van der Waals surface area (Å²) in [5.41, 5.74) is 0.422. The number of alkyl halides is 1. The van der Waals surface area contributed by atoms with Gasteiger partial charge < -0.3 is 13.0 Å². The topological polar surface area (TPSA) is 65.7 Å². The minimum Gasteiger partial charge on any atom is -0.543 e. The van der Waals surface area contributed by atoms with Gasteiger partial charge in [0, 0.05) is 6.07 Å². The summed E-state index contributed by atoms with van der Waals surface area (Å²) in [6.07, 6.45) is 1.15. The fourth-order valence-corrected chi connectivity index (χ4v) is 3.19. The van der Waals surface area contributed by atoms with Crippen LogP contribution < -0.4 is 8.61 Å². The Labute approximate surface area is 136 Å². The Kier molecular flexibility index (Phi) is 4.51. The molecule has 0 aliphatic carbocycles. The van der Waals surface area contributed by atoms with Gasteiger partial charge in [0.05, 0.1) is 5.39 Å². The second kappa shape index (κ2) is 5.83. The normalized spacial score (nSPS) is 13.3. The first kappa shape index (κ1) is 17.8. The molecule has 0 fully saturated rings. The van der Waals surface area contributed by atoms with Gasteiger partial charge in [0.2, 0.25) is 14.3 Å². The van der Waals surface area contributed by atoms with Crippen LogP contribution >= 0.6 is 0 Å². The van der Waals surface area contributed by atoms with Crippen molar-refractivity contribution >= 4 is 29.4 Å². The van der Waals surface area contributed by atoms with Gasteiger partial charge in [-0.15, -0.1) is 0 Å². The van der Waals surface area contributed by atoms with Gasteiger partial charge in [-0.2, -0.15) is 8.42 Å². The maximum Gasteiger partial charge on any atom is 0.339 e. The van der Waals surface area contributed by atoms with Gasteiger partial charge in [-0.3, -0.25) is 0 Å². The Bertz CT molecular complexity index is 805. The minimum absolute atomic E-state index is 0.0310. The summed E-state index contributed by atoms with van der Waals surface area (Å²) in [7, 11) is -6.23. The Morgan fingerprint density at radius 1 is 1.26 bits per heavy atom. The molecule has 0 atom stereocenters. The van der Waals surface area contributed by atoms with E-state index >= 15 is 0 Å². The third kappa shape index (κ3) is 3.87. The monoisotopic (exact) mass is 360 g/mol. The first-order chi connectivity index (χ1) is 10.5. The molecule has 0 radical (unpaired) electrons. The maximum atomic E-state index is 12.4. The molecule has 0 aliphatic rings. The zero-order chi connectivity index (χ0) is 17.5. The number of halogens is 1. The summed E-state index contributed by atoms with van der Waals surface area (Å²) in [4.78, 5) is 0. The van der Waals surface area contributed by atoms with Crippen LogP contribution in [-0.2, 0) is 10.1 Å². The molecule has 2 rings (SSSR count). The molecule has 23 heavy (non-hydrogen) atoms. The van der Waals surface area contributed by atoms with Crippen LogP contribution in [0.15, 0.2) is 28.9 Å². The fraction of sp³-hybridized carbons (Fsp3) is 0.467. The first-order valence-electron chi connectivity index (χ1n) is 7.13. The molecular formula is C15H21FO5SSi. The van der Waals surface area contributed by atoms with Crippen molar-refractivity contribution in [1.29, 1.82) is 0 Å². The van der Waals surface area contributed by atoms with Gasteiger partial charge in [0.25, 0.3) is 0 Å². The van der Waals surface area contributed by atoms with Crippen LogP contribution in [-0.4, -0.2) is 22.7 Å². The van der Waals surface area contributed by atoms with E-state index in [1.165, 1.54) is 0 Å². The standard InChI is InChI=1S/C15H21FO5SSi/c1-15(2,3)23(4,5)21-11-6-7-12-13(8-11)19-9-14(12)20-22(17,18)10-16/h6-9H,10H2,1-5H3. The molecule has 5 nitrogen and oxygen atoms in total. The van der Waals surface area contributed by atoms with Crippen molar-refractivity contribution < 1.29 is 25.8 Å². The molecule has 0 saturated heterocycles. The predicted molar refractivity (Wildman–Crippen MR) is 89.6 cm³/mol. The lowest BCUT2D eigenvalue weighted by Gasteiger charge is -2.36. The number of hydrogen-bond donors (Lipinski definition) is 0. The van der Waals surface area contributed by atoms with Crippen LogP contribution in [0.2, 0.25) is 18.1 Å². The predicted octanol–water partition coefficient (Wildman–Crippen LogP) is 4.45. The summed E-state index contributed by atoms with van der Waals surface area (Å²) in [6.45, 7) is 10.7. The van der Waals surface area contributed by atoms with Gasteiger partial charge in [0.1, 0.15) is 17.6 Å². The van der Waals surface area contributed by atoms with Crippen LogP contribution in [0.5, 0.6) is 11.5 Å². The number of fused-ring (bicyclic) bond motifs is 1. The molecule has 0 amide bonds. The molecule has 0 unspecified atom stereocenters. The highest BCUT2D eigenvalue weighted by Crippen LogP contribution is 2.39. The van der Waals surface area contributed by atoms with Crippen LogP contribution in [0, 0.1) is 0 Å². The number of rotatable bonds is 5. The van der Waals surface area contributed by atoms with Crippen molar-refractivity contribution in [3.8, 4) is 11.5 Å². The summed E-state index contributed by atoms with van der Waals surface area (Å²) in [5, 5.41) is 0.499. The van der Waals surface area contributed by atoms with Crippen LogP contribution in [0.3, 0.4) is 0 Å². The largest absolute Gasteiger partial charge is 0.543 e. The second-order valence-corrected chi connectivity index (χ2v) is 13.1. The SMILES string of the molecule is CC(C)(C)[Si](C)(C)Oc1ccc2c(OS(=O)(=O)CF)coc2c1. The van der Waals surface area contributed by atoms with E-state index in [1.807, 2.05) is 0 Å². The number of hydrogen-bond acceptors (Lipinski definition) is 5. The van der Waals surface area contributed by atoms with Gasteiger partial charge >= 0.3 is 10.1 Å². The molecule has 1 aromatic carbocycles. The van der Waals surface area contributed by atoms with E-state index in [9.17, 15) is 12.8 Å². The van der Waals surface area contributed by atoms with Crippen molar-refractivity contribution in [3.05, 3.63) is 24.5 Å². The second-order valence-electron chi connectivity index (χ2n) is 6.87. The van der Waals surface area contributed by atoms with Crippen molar-refractivity contribution in [2.24, 2.45) is 0 Å². The van der Waals surface area contributed by atoms with E-state index in [4.69, 9.17) is 8.84 Å². The van der Waals surface area contributed by atoms with Gasteiger partial charge in [-0.05, 0) is 30.3 Å². The summed E-state index contributed by atoms with van der Waals surface area (Å²) >= 11 is 0. The molecule has 1 heterocycles. The molecule has 2 aromatic rings. The Hall–Kier alpha value is -1.54. The molecular weight excluding hydrogens is 339 g/mol. The van der Waals surface area contributed by atoms with Crippen LogP contribution in [0.25, 0.3) is 11.0 Å². The van der Waals surface area contributed by atoms with E-state index in [-0.39, 0.29) is 10.8 Å². The summed E-state index contributed by atoms with van der Waals surface area (Å²) < 4.78 is 50.9. The van der Waals surface area contributed by atoms with Gasteiger partial charge in [-0.1, -0.05) is 20.8 Å². The van der Waals surface area contributed by atoms with Crippen molar-refractivity contribution in [2.75, 3.05) is 6.01 Å². The highest BCUT2D eigenvalue weighted by atomic mass is 32.2. The van der Waals surface area contributed by atoms with Crippen molar-refractivity contribution in [2.45, 2.75) is 38.9 Å². The quantitative estimate of drug-likeness (QED) is 0.582. The molecule has 0 saturated carbocycles. The third-order valence-corrected chi connectivity index (χ3v) is 9.10. The first-order valence-corrected chi connectivity index (χ1v) is 11.6. The van der Waals surface area contributed by atoms with E-state index in [2.05, 4.69) is 38.0 Å². The highest BCUT2D eigenvalue weighted by molar-refractivity contribution is 7.86. The number of furan rings is 1. The maximum absolute atomic E-state index is 12.4. The minimum atomic E-state index is -4.24. The summed E-state index contributed by atoms with van der Waals surface area (Å²) in [6, 6.07) is 3.47.